The quantitative estimate of drug-likeness (QED) is 0.830. The molecule has 1 aliphatic heterocycles. The van der Waals surface area contributed by atoms with E-state index in [1.54, 1.807) is 0 Å². The zero-order chi connectivity index (χ0) is 11.4. The SMILES string of the molecule is CC1CCCCCN1c1ccc(CN)cn1. The summed E-state index contributed by atoms with van der Waals surface area (Å²) in [6.07, 6.45) is 7.15. The number of rotatable bonds is 2. The zero-order valence-corrected chi connectivity index (χ0v) is 10.0. The number of hydrogen-bond acceptors (Lipinski definition) is 3. The Hall–Kier alpha value is -1.09. The molecule has 1 atom stereocenters. The number of hydrogen-bond donors (Lipinski definition) is 1. The maximum atomic E-state index is 5.58. The predicted octanol–water partition coefficient (Wildman–Crippen LogP) is 2.31. The van der Waals surface area contributed by atoms with Crippen LogP contribution in [0.1, 0.15) is 38.2 Å². The van der Waals surface area contributed by atoms with Crippen molar-refractivity contribution >= 4 is 5.82 Å². The number of aromatic nitrogens is 1. The van der Waals surface area contributed by atoms with E-state index in [2.05, 4.69) is 28.9 Å². The van der Waals surface area contributed by atoms with Gasteiger partial charge in [0, 0.05) is 25.3 Å². The molecule has 2 N–H and O–H groups in total. The predicted molar refractivity (Wildman–Crippen MR) is 67.4 cm³/mol. The smallest absolute Gasteiger partial charge is 0.128 e. The van der Waals surface area contributed by atoms with Crippen LogP contribution >= 0.6 is 0 Å². The number of nitrogens with two attached hydrogens (primary N) is 1. The summed E-state index contributed by atoms with van der Waals surface area (Å²) in [6, 6.07) is 4.79. The highest BCUT2D eigenvalue weighted by Crippen LogP contribution is 2.22. The van der Waals surface area contributed by atoms with E-state index >= 15 is 0 Å². The van der Waals surface area contributed by atoms with Crippen LogP contribution in [0.25, 0.3) is 0 Å². The molecule has 1 aliphatic rings. The number of nitrogens with zero attached hydrogens (tertiary/aromatic N) is 2. The van der Waals surface area contributed by atoms with Crippen LogP contribution < -0.4 is 10.6 Å². The van der Waals surface area contributed by atoms with E-state index in [1.165, 1.54) is 25.7 Å². The maximum Gasteiger partial charge on any atom is 0.128 e. The van der Waals surface area contributed by atoms with E-state index in [9.17, 15) is 0 Å². The van der Waals surface area contributed by atoms with Crippen LogP contribution in [0.2, 0.25) is 0 Å². The topological polar surface area (TPSA) is 42.1 Å². The summed E-state index contributed by atoms with van der Waals surface area (Å²) in [5.74, 6) is 1.10. The Labute approximate surface area is 97.7 Å². The van der Waals surface area contributed by atoms with Gasteiger partial charge in [0.15, 0.2) is 0 Å². The molecule has 0 radical (unpaired) electrons. The maximum absolute atomic E-state index is 5.58. The van der Waals surface area contributed by atoms with E-state index in [0.29, 0.717) is 12.6 Å². The fourth-order valence-electron chi connectivity index (χ4n) is 2.32. The van der Waals surface area contributed by atoms with Crippen molar-refractivity contribution in [1.29, 1.82) is 0 Å². The Morgan fingerprint density at radius 1 is 1.38 bits per heavy atom. The number of anilines is 1. The first-order valence-corrected chi connectivity index (χ1v) is 6.23. The molecule has 0 aromatic carbocycles. The van der Waals surface area contributed by atoms with Crippen LogP contribution in [0.4, 0.5) is 5.82 Å². The average molecular weight is 219 g/mol. The third-order valence-electron chi connectivity index (χ3n) is 3.39. The molecule has 2 heterocycles. The molecule has 1 saturated heterocycles. The van der Waals surface area contributed by atoms with Gasteiger partial charge in [-0.05, 0) is 31.4 Å². The first-order valence-electron chi connectivity index (χ1n) is 6.23. The summed E-state index contributed by atoms with van der Waals surface area (Å²) in [4.78, 5) is 6.94. The van der Waals surface area contributed by atoms with Gasteiger partial charge in [0.2, 0.25) is 0 Å². The van der Waals surface area contributed by atoms with Crippen molar-refractivity contribution in [3.8, 4) is 0 Å². The lowest BCUT2D eigenvalue weighted by atomic mass is 10.1. The molecule has 88 valence electrons. The minimum Gasteiger partial charge on any atom is -0.354 e. The Balaban J connectivity index is 2.14. The normalized spacial score (nSPS) is 21.9. The highest BCUT2D eigenvalue weighted by molar-refractivity contribution is 5.40. The average Bonchev–Trinajstić information content (AvgIpc) is 2.54. The molecule has 1 aromatic heterocycles. The van der Waals surface area contributed by atoms with Gasteiger partial charge in [-0.25, -0.2) is 4.98 Å². The van der Waals surface area contributed by atoms with Gasteiger partial charge in [0.05, 0.1) is 0 Å². The molecule has 2 rings (SSSR count). The Morgan fingerprint density at radius 2 is 2.25 bits per heavy atom. The van der Waals surface area contributed by atoms with Crippen molar-refractivity contribution in [2.75, 3.05) is 11.4 Å². The van der Waals surface area contributed by atoms with Crippen LogP contribution in [-0.2, 0) is 6.54 Å². The third-order valence-corrected chi connectivity index (χ3v) is 3.39. The lowest BCUT2D eigenvalue weighted by Crippen LogP contribution is -2.33. The third kappa shape index (κ3) is 2.53. The molecule has 16 heavy (non-hydrogen) atoms. The van der Waals surface area contributed by atoms with Gasteiger partial charge in [-0.3, -0.25) is 0 Å². The van der Waals surface area contributed by atoms with Crippen molar-refractivity contribution in [1.82, 2.24) is 4.98 Å². The van der Waals surface area contributed by atoms with Gasteiger partial charge in [-0.2, -0.15) is 0 Å². The molecule has 0 saturated carbocycles. The fourth-order valence-corrected chi connectivity index (χ4v) is 2.32. The minimum absolute atomic E-state index is 0.572. The Morgan fingerprint density at radius 3 is 2.94 bits per heavy atom. The number of pyridine rings is 1. The van der Waals surface area contributed by atoms with Crippen molar-refractivity contribution in [3.05, 3.63) is 23.9 Å². The van der Waals surface area contributed by atoms with Crippen LogP contribution in [0.3, 0.4) is 0 Å². The second-order valence-corrected chi connectivity index (χ2v) is 4.62. The molecular weight excluding hydrogens is 198 g/mol. The molecule has 3 heteroatoms. The monoisotopic (exact) mass is 219 g/mol. The van der Waals surface area contributed by atoms with Crippen molar-refractivity contribution in [3.63, 3.8) is 0 Å². The molecule has 0 amide bonds. The highest BCUT2D eigenvalue weighted by Gasteiger charge is 2.17. The molecule has 0 bridgehead atoms. The van der Waals surface area contributed by atoms with E-state index in [0.717, 1.165) is 17.9 Å². The fraction of sp³-hybridized carbons (Fsp3) is 0.615. The van der Waals surface area contributed by atoms with Gasteiger partial charge >= 0.3 is 0 Å². The zero-order valence-electron chi connectivity index (χ0n) is 10.0. The van der Waals surface area contributed by atoms with Crippen molar-refractivity contribution < 1.29 is 0 Å². The Kier molecular flexibility index (Phi) is 3.78. The summed E-state index contributed by atoms with van der Waals surface area (Å²) in [6.45, 7) is 4.00. The Bertz CT molecular complexity index is 320. The van der Waals surface area contributed by atoms with Gasteiger partial charge in [0.1, 0.15) is 5.82 Å². The van der Waals surface area contributed by atoms with Crippen LogP contribution in [0, 0.1) is 0 Å². The van der Waals surface area contributed by atoms with Crippen molar-refractivity contribution in [2.45, 2.75) is 45.2 Å². The first-order chi connectivity index (χ1) is 7.81. The lowest BCUT2D eigenvalue weighted by Gasteiger charge is -2.28. The summed E-state index contributed by atoms with van der Waals surface area (Å²) in [5, 5.41) is 0. The van der Waals surface area contributed by atoms with Crippen LogP contribution in [0.5, 0.6) is 0 Å². The molecule has 0 spiro atoms. The van der Waals surface area contributed by atoms with Gasteiger partial charge in [-0.15, -0.1) is 0 Å². The van der Waals surface area contributed by atoms with Crippen LogP contribution in [0.15, 0.2) is 18.3 Å². The van der Waals surface area contributed by atoms with Gasteiger partial charge in [-0.1, -0.05) is 18.9 Å². The lowest BCUT2D eigenvalue weighted by molar-refractivity contribution is 0.611. The molecule has 1 unspecified atom stereocenters. The summed E-state index contributed by atoms with van der Waals surface area (Å²) in [7, 11) is 0. The van der Waals surface area contributed by atoms with E-state index in [-0.39, 0.29) is 0 Å². The van der Waals surface area contributed by atoms with E-state index < -0.39 is 0 Å². The summed E-state index contributed by atoms with van der Waals surface area (Å²) in [5.41, 5.74) is 6.68. The summed E-state index contributed by atoms with van der Waals surface area (Å²) < 4.78 is 0. The highest BCUT2D eigenvalue weighted by atomic mass is 15.2. The van der Waals surface area contributed by atoms with Gasteiger partial charge in [0.25, 0.3) is 0 Å². The van der Waals surface area contributed by atoms with Crippen LogP contribution in [-0.4, -0.2) is 17.6 Å². The molecule has 3 nitrogen and oxygen atoms in total. The molecule has 0 aliphatic carbocycles. The second kappa shape index (κ2) is 5.30. The minimum atomic E-state index is 0.572. The van der Waals surface area contributed by atoms with E-state index in [1.807, 2.05) is 6.20 Å². The standard InChI is InChI=1S/C13H21N3/c1-11-5-3-2-4-8-16(11)13-7-6-12(9-14)10-15-13/h6-7,10-11H,2-5,8-9,14H2,1H3. The molecular formula is C13H21N3. The first kappa shape index (κ1) is 11.4. The van der Waals surface area contributed by atoms with Crippen molar-refractivity contribution in [2.24, 2.45) is 5.73 Å². The largest absolute Gasteiger partial charge is 0.354 e. The summed E-state index contributed by atoms with van der Waals surface area (Å²) >= 11 is 0. The molecule has 1 fully saturated rings. The molecule has 1 aromatic rings. The second-order valence-electron chi connectivity index (χ2n) is 4.62. The van der Waals surface area contributed by atoms with E-state index in [4.69, 9.17) is 5.73 Å². The van der Waals surface area contributed by atoms with Gasteiger partial charge < -0.3 is 10.6 Å².